The van der Waals surface area contributed by atoms with Gasteiger partial charge in [-0.15, -0.1) is 23.7 Å². The summed E-state index contributed by atoms with van der Waals surface area (Å²) in [5.74, 6) is 0. The Labute approximate surface area is 78.2 Å². The first-order chi connectivity index (χ1) is 4.83. The van der Waals surface area contributed by atoms with Crippen LogP contribution in [0.25, 0.3) is 0 Å². The minimum atomic E-state index is 0. The molecule has 0 saturated carbocycles. The molecule has 1 aromatic rings. The number of halogens is 1. The molecule has 0 saturated heterocycles. The number of nitrogens with one attached hydrogen (secondary N) is 1. The molecule has 1 N–H and O–H groups in total. The van der Waals surface area contributed by atoms with Crippen LogP contribution in [0.15, 0.2) is 12.1 Å². The summed E-state index contributed by atoms with van der Waals surface area (Å²) in [6, 6.07) is 4.35. The molecule has 64 valence electrons. The fourth-order valence-electron chi connectivity index (χ4n) is 0.828. The first-order valence-electron chi connectivity index (χ1n) is 3.59. The fraction of sp³-hybridized carbons (Fsp3) is 0.500. The van der Waals surface area contributed by atoms with Gasteiger partial charge in [-0.2, -0.15) is 0 Å². The second-order valence-corrected chi connectivity index (χ2v) is 3.67. The van der Waals surface area contributed by atoms with Crippen molar-refractivity contribution in [3.63, 3.8) is 0 Å². The molecule has 0 unspecified atom stereocenters. The first-order valence-corrected chi connectivity index (χ1v) is 4.40. The summed E-state index contributed by atoms with van der Waals surface area (Å²) in [6.45, 7) is 6.34. The molecule has 3 heteroatoms. The molecular formula is C8H14ClNS. The number of thiophene rings is 1. The summed E-state index contributed by atoms with van der Waals surface area (Å²) < 4.78 is 0. The van der Waals surface area contributed by atoms with Crippen molar-refractivity contribution < 1.29 is 0 Å². The van der Waals surface area contributed by atoms with E-state index in [1.54, 1.807) is 0 Å². The lowest BCUT2D eigenvalue weighted by Gasteiger charge is -1.95. The van der Waals surface area contributed by atoms with Crippen LogP contribution in [0.1, 0.15) is 16.7 Å². The second kappa shape index (κ2) is 5.58. The van der Waals surface area contributed by atoms with Crippen LogP contribution in [0.4, 0.5) is 0 Å². The van der Waals surface area contributed by atoms with Crippen LogP contribution in [0.2, 0.25) is 0 Å². The van der Waals surface area contributed by atoms with E-state index in [1.807, 2.05) is 11.3 Å². The summed E-state index contributed by atoms with van der Waals surface area (Å²) in [5.41, 5.74) is 0. The highest BCUT2D eigenvalue weighted by atomic mass is 35.5. The van der Waals surface area contributed by atoms with E-state index >= 15 is 0 Å². The van der Waals surface area contributed by atoms with E-state index in [-0.39, 0.29) is 12.4 Å². The van der Waals surface area contributed by atoms with Crippen molar-refractivity contribution >= 4 is 23.7 Å². The molecule has 0 bridgehead atoms. The van der Waals surface area contributed by atoms with Crippen LogP contribution in [0.3, 0.4) is 0 Å². The summed E-state index contributed by atoms with van der Waals surface area (Å²) in [7, 11) is 0. The predicted molar refractivity (Wildman–Crippen MR) is 53.7 cm³/mol. The molecule has 11 heavy (non-hydrogen) atoms. The molecular weight excluding hydrogens is 178 g/mol. The van der Waals surface area contributed by atoms with Gasteiger partial charge in [-0.3, -0.25) is 0 Å². The Hall–Kier alpha value is -0.0500. The lowest BCUT2D eigenvalue weighted by molar-refractivity contribution is 0.735. The molecule has 0 aliphatic heterocycles. The smallest absolute Gasteiger partial charge is 0.0299 e. The maximum Gasteiger partial charge on any atom is 0.0299 e. The van der Waals surface area contributed by atoms with Gasteiger partial charge in [0.15, 0.2) is 0 Å². The van der Waals surface area contributed by atoms with Crippen molar-refractivity contribution in [3.05, 3.63) is 21.9 Å². The van der Waals surface area contributed by atoms with Crippen LogP contribution in [0, 0.1) is 6.92 Å². The average molecular weight is 192 g/mol. The summed E-state index contributed by atoms with van der Waals surface area (Å²) in [4.78, 5) is 2.83. The van der Waals surface area contributed by atoms with E-state index in [0.717, 1.165) is 13.1 Å². The Morgan fingerprint density at radius 3 is 2.64 bits per heavy atom. The molecule has 0 amide bonds. The Morgan fingerprint density at radius 2 is 2.18 bits per heavy atom. The van der Waals surface area contributed by atoms with Crippen molar-refractivity contribution in [1.82, 2.24) is 5.32 Å². The van der Waals surface area contributed by atoms with Gasteiger partial charge in [0.25, 0.3) is 0 Å². The average Bonchev–Trinajstić information content (AvgIpc) is 2.31. The number of hydrogen-bond acceptors (Lipinski definition) is 2. The third kappa shape index (κ3) is 3.75. The molecule has 1 nitrogen and oxygen atoms in total. The highest BCUT2D eigenvalue weighted by molar-refractivity contribution is 7.11. The Balaban J connectivity index is 0.000001000. The van der Waals surface area contributed by atoms with Gasteiger partial charge in [-0.05, 0) is 25.6 Å². The van der Waals surface area contributed by atoms with Gasteiger partial charge in [0.1, 0.15) is 0 Å². The molecule has 0 fully saturated rings. The van der Waals surface area contributed by atoms with Crippen molar-refractivity contribution in [1.29, 1.82) is 0 Å². The predicted octanol–water partition coefficient (Wildman–Crippen LogP) is 2.59. The molecule has 0 aromatic carbocycles. The normalized spacial score (nSPS) is 9.27. The summed E-state index contributed by atoms with van der Waals surface area (Å²) >= 11 is 1.87. The highest BCUT2D eigenvalue weighted by Gasteiger charge is 1.93. The molecule has 1 rings (SSSR count). The molecule has 0 atom stereocenters. The van der Waals surface area contributed by atoms with Gasteiger partial charge in [0.2, 0.25) is 0 Å². The first kappa shape index (κ1) is 11.0. The van der Waals surface area contributed by atoms with Gasteiger partial charge >= 0.3 is 0 Å². The van der Waals surface area contributed by atoms with Gasteiger partial charge in [0, 0.05) is 16.3 Å². The van der Waals surface area contributed by atoms with E-state index < -0.39 is 0 Å². The van der Waals surface area contributed by atoms with E-state index in [4.69, 9.17) is 0 Å². The number of aryl methyl sites for hydroxylation is 1. The lowest BCUT2D eigenvalue weighted by atomic mass is 10.4. The highest BCUT2D eigenvalue weighted by Crippen LogP contribution is 2.13. The molecule has 1 aromatic heterocycles. The number of hydrogen-bond donors (Lipinski definition) is 1. The number of rotatable bonds is 3. The standard InChI is InChI=1S/C8H13NS.ClH/c1-3-9-6-8-5-4-7(2)10-8;/h4-5,9H,3,6H2,1-2H3;1H. The molecule has 0 spiro atoms. The van der Waals surface area contributed by atoms with E-state index in [9.17, 15) is 0 Å². The van der Waals surface area contributed by atoms with Gasteiger partial charge in [-0.1, -0.05) is 6.92 Å². The maximum atomic E-state index is 3.29. The summed E-state index contributed by atoms with van der Waals surface area (Å²) in [5, 5.41) is 3.29. The fourth-order valence-corrected chi connectivity index (χ4v) is 1.69. The minimum Gasteiger partial charge on any atom is -0.312 e. The van der Waals surface area contributed by atoms with Crippen LogP contribution in [-0.2, 0) is 6.54 Å². The van der Waals surface area contributed by atoms with Crippen molar-refractivity contribution in [2.75, 3.05) is 6.54 Å². The zero-order valence-electron chi connectivity index (χ0n) is 6.89. The summed E-state index contributed by atoms with van der Waals surface area (Å²) in [6.07, 6.45) is 0. The van der Waals surface area contributed by atoms with Crippen molar-refractivity contribution in [2.24, 2.45) is 0 Å². The van der Waals surface area contributed by atoms with Crippen LogP contribution < -0.4 is 5.32 Å². The van der Waals surface area contributed by atoms with Crippen molar-refractivity contribution in [3.8, 4) is 0 Å². The van der Waals surface area contributed by atoms with E-state index in [0.29, 0.717) is 0 Å². The topological polar surface area (TPSA) is 12.0 Å². The third-order valence-electron chi connectivity index (χ3n) is 1.35. The van der Waals surface area contributed by atoms with Crippen LogP contribution in [-0.4, -0.2) is 6.54 Å². The quantitative estimate of drug-likeness (QED) is 0.775. The third-order valence-corrected chi connectivity index (χ3v) is 2.35. The largest absolute Gasteiger partial charge is 0.312 e. The van der Waals surface area contributed by atoms with Gasteiger partial charge < -0.3 is 5.32 Å². The second-order valence-electron chi connectivity index (χ2n) is 2.29. The Kier molecular flexibility index (Phi) is 5.56. The van der Waals surface area contributed by atoms with E-state index in [2.05, 4.69) is 31.3 Å². The minimum absolute atomic E-state index is 0. The van der Waals surface area contributed by atoms with Gasteiger partial charge in [0.05, 0.1) is 0 Å². The molecule has 0 aliphatic carbocycles. The Bertz CT molecular complexity index is 198. The van der Waals surface area contributed by atoms with Gasteiger partial charge in [-0.25, -0.2) is 0 Å². The lowest BCUT2D eigenvalue weighted by Crippen LogP contribution is -2.10. The van der Waals surface area contributed by atoms with Crippen LogP contribution in [0.5, 0.6) is 0 Å². The van der Waals surface area contributed by atoms with E-state index in [1.165, 1.54) is 9.75 Å². The molecule has 0 radical (unpaired) electrons. The zero-order valence-corrected chi connectivity index (χ0v) is 8.52. The van der Waals surface area contributed by atoms with Crippen molar-refractivity contribution in [2.45, 2.75) is 20.4 Å². The van der Waals surface area contributed by atoms with Crippen LogP contribution >= 0.6 is 23.7 Å². The zero-order chi connectivity index (χ0) is 7.40. The molecule has 0 aliphatic rings. The molecule has 1 heterocycles. The Morgan fingerprint density at radius 1 is 1.45 bits per heavy atom. The SMILES string of the molecule is CCNCc1ccc(C)s1.Cl. The monoisotopic (exact) mass is 191 g/mol. The maximum absolute atomic E-state index is 3.29.